The quantitative estimate of drug-likeness (QED) is 0.875. The molecule has 112 valence electrons. The Balaban J connectivity index is 2.15. The Labute approximate surface area is 120 Å². The summed E-state index contributed by atoms with van der Waals surface area (Å²) in [5, 5.41) is 10.2. The van der Waals surface area contributed by atoms with E-state index in [4.69, 9.17) is 0 Å². The summed E-state index contributed by atoms with van der Waals surface area (Å²) in [4.78, 5) is 18.9. The molecule has 0 bridgehead atoms. The van der Waals surface area contributed by atoms with E-state index in [0.29, 0.717) is 0 Å². The lowest BCUT2D eigenvalue weighted by atomic mass is 9.96. The summed E-state index contributed by atoms with van der Waals surface area (Å²) >= 11 is 0. The van der Waals surface area contributed by atoms with Gasteiger partial charge in [-0.1, -0.05) is 20.8 Å². The molecule has 1 aromatic heterocycles. The standard InChI is InChI=1S/C14H25N5O/c1-14(2,3)13-16-11(17-18-13)12(20)19-8-6-5-7-10(19)9-15-4/h10,15H,5-9H2,1-4H3,(H,16,17,18). The fourth-order valence-electron chi connectivity index (χ4n) is 2.54. The van der Waals surface area contributed by atoms with Crippen molar-refractivity contribution in [2.24, 2.45) is 0 Å². The Morgan fingerprint density at radius 1 is 1.45 bits per heavy atom. The van der Waals surface area contributed by atoms with Crippen LogP contribution in [0, 0.1) is 0 Å². The summed E-state index contributed by atoms with van der Waals surface area (Å²) in [5.74, 6) is 0.984. The van der Waals surface area contributed by atoms with Gasteiger partial charge in [-0.05, 0) is 26.3 Å². The molecule has 0 aromatic carbocycles. The highest BCUT2D eigenvalue weighted by molar-refractivity contribution is 5.90. The van der Waals surface area contributed by atoms with Crippen LogP contribution in [0.1, 0.15) is 56.5 Å². The number of likely N-dealkylation sites (N-methyl/N-ethyl adjacent to an activating group) is 1. The molecule has 1 amide bonds. The molecule has 1 aliphatic heterocycles. The Kier molecular flexibility index (Phi) is 4.42. The number of rotatable bonds is 3. The van der Waals surface area contributed by atoms with Crippen LogP contribution in [-0.2, 0) is 5.41 Å². The number of hydrogen-bond acceptors (Lipinski definition) is 4. The number of piperidine rings is 1. The number of carbonyl (C=O) groups excluding carboxylic acids is 1. The van der Waals surface area contributed by atoms with Crippen molar-refractivity contribution in [3.8, 4) is 0 Å². The topological polar surface area (TPSA) is 73.9 Å². The Morgan fingerprint density at radius 3 is 2.80 bits per heavy atom. The van der Waals surface area contributed by atoms with E-state index >= 15 is 0 Å². The van der Waals surface area contributed by atoms with Crippen LogP contribution in [0.5, 0.6) is 0 Å². The van der Waals surface area contributed by atoms with Gasteiger partial charge < -0.3 is 10.2 Å². The molecule has 0 radical (unpaired) electrons. The van der Waals surface area contributed by atoms with Gasteiger partial charge in [0, 0.05) is 24.5 Å². The van der Waals surface area contributed by atoms with Gasteiger partial charge in [0.1, 0.15) is 5.82 Å². The first-order valence-electron chi connectivity index (χ1n) is 7.32. The minimum absolute atomic E-state index is 0.0586. The molecule has 0 spiro atoms. The second-order valence-electron chi connectivity index (χ2n) is 6.46. The summed E-state index contributed by atoms with van der Waals surface area (Å²) in [6, 6.07) is 0.248. The Morgan fingerprint density at radius 2 is 2.20 bits per heavy atom. The van der Waals surface area contributed by atoms with Gasteiger partial charge in [-0.2, -0.15) is 0 Å². The lowest BCUT2D eigenvalue weighted by Crippen LogP contribution is -2.48. The zero-order valence-electron chi connectivity index (χ0n) is 12.9. The van der Waals surface area contributed by atoms with Crippen LogP contribution < -0.4 is 5.32 Å². The number of nitrogens with zero attached hydrogens (tertiary/aromatic N) is 3. The summed E-state index contributed by atoms with van der Waals surface area (Å²) in [7, 11) is 1.92. The normalized spacial score (nSPS) is 20.2. The number of aromatic amines is 1. The van der Waals surface area contributed by atoms with Gasteiger partial charge in [-0.25, -0.2) is 4.98 Å². The second kappa shape index (κ2) is 5.91. The zero-order chi connectivity index (χ0) is 14.8. The van der Waals surface area contributed by atoms with Gasteiger partial charge in [0.05, 0.1) is 0 Å². The van der Waals surface area contributed by atoms with E-state index < -0.39 is 0 Å². The van der Waals surface area contributed by atoms with Crippen molar-refractivity contribution in [1.82, 2.24) is 25.4 Å². The molecule has 0 aliphatic carbocycles. The highest BCUT2D eigenvalue weighted by atomic mass is 16.2. The summed E-state index contributed by atoms with van der Waals surface area (Å²) in [6.45, 7) is 7.76. The SMILES string of the molecule is CNCC1CCCCN1C(=O)c1n[nH]c(C(C)(C)C)n1. The highest BCUT2D eigenvalue weighted by Gasteiger charge is 2.30. The van der Waals surface area contributed by atoms with E-state index in [1.165, 1.54) is 6.42 Å². The number of aromatic nitrogens is 3. The van der Waals surface area contributed by atoms with Gasteiger partial charge in [0.2, 0.25) is 5.82 Å². The Bertz CT molecular complexity index is 460. The molecule has 1 fully saturated rings. The molecule has 2 rings (SSSR count). The number of hydrogen-bond donors (Lipinski definition) is 2. The maximum Gasteiger partial charge on any atom is 0.293 e. The molecular formula is C14H25N5O. The third-order valence-corrected chi connectivity index (χ3v) is 3.71. The molecule has 0 saturated carbocycles. The molecular weight excluding hydrogens is 254 g/mol. The molecule has 1 aliphatic rings. The lowest BCUT2D eigenvalue weighted by Gasteiger charge is -2.34. The summed E-state index contributed by atoms with van der Waals surface area (Å²) < 4.78 is 0. The van der Waals surface area contributed by atoms with E-state index in [2.05, 4.69) is 20.5 Å². The van der Waals surface area contributed by atoms with Crippen LogP contribution in [0.4, 0.5) is 0 Å². The first-order valence-corrected chi connectivity index (χ1v) is 7.32. The minimum atomic E-state index is -0.127. The van der Waals surface area contributed by atoms with Crippen LogP contribution in [-0.4, -0.2) is 52.2 Å². The average molecular weight is 279 g/mol. The zero-order valence-corrected chi connectivity index (χ0v) is 12.9. The van der Waals surface area contributed by atoms with Gasteiger partial charge in [-0.3, -0.25) is 9.89 Å². The number of amides is 1. The lowest BCUT2D eigenvalue weighted by molar-refractivity contribution is 0.0602. The first kappa shape index (κ1) is 15.0. The molecule has 1 saturated heterocycles. The summed E-state index contributed by atoms with van der Waals surface area (Å²) in [6.07, 6.45) is 3.28. The number of H-pyrrole nitrogens is 1. The predicted molar refractivity (Wildman–Crippen MR) is 77.7 cm³/mol. The minimum Gasteiger partial charge on any atom is -0.332 e. The van der Waals surface area contributed by atoms with Crippen molar-refractivity contribution in [3.63, 3.8) is 0 Å². The molecule has 20 heavy (non-hydrogen) atoms. The monoisotopic (exact) mass is 279 g/mol. The molecule has 1 unspecified atom stereocenters. The largest absolute Gasteiger partial charge is 0.332 e. The van der Waals surface area contributed by atoms with Crippen molar-refractivity contribution >= 4 is 5.91 Å². The van der Waals surface area contributed by atoms with Gasteiger partial charge in [0.15, 0.2) is 0 Å². The maximum absolute atomic E-state index is 12.6. The third kappa shape index (κ3) is 3.17. The van der Waals surface area contributed by atoms with Gasteiger partial charge >= 0.3 is 0 Å². The molecule has 6 heteroatoms. The van der Waals surface area contributed by atoms with Crippen molar-refractivity contribution < 1.29 is 4.79 Å². The van der Waals surface area contributed by atoms with Crippen LogP contribution in [0.2, 0.25) is 0 Å². The average Bonchev–Trinajstić information content (AvgIpc) is 2.88. The maximum atomic E-state index is 12.6. The van der Waals surface area contributed by atoms with Gasteiger partial charge in [-0.15, -0.1) is 5.10 Å². The van der Waals surface area contributed by atoms with Crippen LogP contribution in [0.15, 0.2) is 0 Å². The number of likely N-dealkylation sites (tertiary alicyclic amines) is 1. The van der Waals surface area contributed by atoms with Crippen LogP contribution >= 0.6 is 0 Å². The van der Waals surface area contributed by atoms with E-state index in [1.807, 2.05) is 32.7 Å². The van der Waals surface area contributed by atoms with E-state index in [0.717, 1.165) is 31.8 Å². The number of nitrogens with one attached hydrogen (secondary N) is 2. The first-order chi connectivity index (χ1) is 9.43. The molecule has 2 heterocycles. The fraction of sp³-hybridized carbons (Fsp3) is 0.786. The van der Waals surface area contributed by atoms with Crippen molar-refractivity contribution in [2.75, 3.05) is 20.1 Å². The Hall–Kier alpha value is -1.43. The predicted octanol–water partition coefficient (Wildman–Crippen LogP) is 1.32. The van der Waals surface area contributed by atoms with Crippen LogP contribution in [0.3, 0.4) is 0 Å². The molecule has 6 nitrogen and oxygen atoms in total. The van der Waals surface area contributed by atoms with E-state index in [1.54, 1.807) is 0 Å². The highest BCUT2D eigenvalue weighted by Crippen LogP contribution is 2.20. The van der Waals surface area contributed by atoms with E-state index in [-0.39, 0.29) is 23.2 Å². The second-order valence-corrected chi connectivity index (χ2v) is 6.46. The number of carbonyl (C=O) groups is 1. The molecule has 1 aromatic rings. The smallest absolute Gasteiger partial charge is 0.293 e. The third-order valence-electron chi connectivity index (χ3n) is 3.71. The van der Waals surface area contributed by atoms with Crippen molar-refractivity contribution in [1.29, 1.82) is 0 Å². The fourth-order valence-corrected chi connectivity index (χ4v) is 2.54. The van der Waals surface area contributed by atoms with E-state index in [9.17, 15) is 4.79 Å². The van der Waals surface area contributed by atoms with Crippen molar-refractivity contribution in [2.45, 2.75) is 51.5 Å². The van der Waals surface area contributed by atoms with Crippen molar-refractivity contribution in [3.05, 3.63) is 11.6 Å². The summed E-state index contributed by atoms with van der Waals surface area (Å²) in [5.41, 5.74) is -0.127. The molecule has 1 atom stereocenters. The molecule has 2 N–H and O–H groups in total. The van der Waals surface area contributed by atoms with Crippen LogP contribution in [0.25, 0.3) is 0 Å². The van der Waals surface area contributed by atoms with Gasteiger partial charge in [0.25, 0.3) is 5.91 Å².